The molecule has 2 aromatic carbocycles. The van der Waals surface area contributed by atoms with Gasteiger partial charge in [-0.15, -0.1) is 0 Å². The number of hydrogen-bond acceptors (Lipinski definition) is 9. The Hall–Kier alpha value is -3.45. The highest BCUT2D eigenvalue weighted by Gasteiger charge is 2.46. The number of anilines is 2. The summed E-state index contributed by atoms with van der Waals surface area (Å²) in [6, 6.07) is 18.6. The summed E-state index contributed by atoms with van der Waals surface area (Å²) < 4.78 is 11.7. The van der Waals surface area contributed by atoms with Gasteiger partial charge in [0.25, 0.3) is 0 Å². The highest BCUT2D eigenvalue weighted by molar-refractivity contribution is 5.94. The Bertz CT molecular complexity index is 1390. The molecule has 2 unspecified atom stereocenters. The van der Waals surface area contributed by atoms with E-state index in [2.05, 4.69) is 68.6 Å². The highest BCUT2D eigenvalue weighted by atomic mass is 16.5. The fraction of sp³-hybridized carbons (Fsp3) is 0.500. The number of rotatable bonds is 8. The standard InChI is InChI=1S/C30H35N7O2/c31-11-9-22-17-37(15-12-32-22)29-24-10-14-36(26-8-3-6-21-5-1-2-7-23(21)26)18-25(24)33-30(34-29)38-16-4-13-35-19-28-27(35)20-39-28/h1-3,5-8,22,27-28,32H,4,9-10,12-20H2/t22?,27?,28-/m1/s1. The van der Waals surface area contributed by atoms with Crippen LogP contribution in [0.5, 0.6) is 6.01 Å². The second-order valence-electron chi connectivity index (χ2n) is 11.0. The number of piperazine rings is 1. The Morgan fingerprint density at radius 1 is 1.08 bits per heavy atom. The molecule has 7 rings (SSSR count). The average Bonchev–Trinajstić information content (AvgIpc) is 2.96. The molecule has 9 heteroatoms. The van der Waals surface area contributed by atoms with Gasteiger partial charge in [0.15, 0.2) is 0 Å². The van der Waals surface area contributed by atoms with Crippen molar-refractivity contribution in [3.8, 4) is 12.1 Å². The number of aromatic nitrogens is 2. The van der Waals surface area contributed by atoms with Crippen molar-refractivity contribution in [3.05, 3.63) is 53.7 Å². The maximum absolute atomic E-state index is 9.27. The van der Waals surface area contributed by atoms with Crippen LogP contribution in [0, 0.1) is 11.3 Å². The predicted molar refractivity (Wildman–Crippen MR) is 150 cm³/mol. The minimum Gasteiger partial charge on any atom is -0.463 e. The molecular formula is C30H35N7O2. The number of fused-ring (bicyclic) bond motifs is 3. The first-order valence-corrected chi connectivity index (χ1v) is 14.2. The summed E-state index contributed by atoms with van der Waals surface area (Å²) in [6.07, 6.45) is 2.77. The summed E-state index contributed by atoms with van der Waals surface area (Å²) in [7, 11) is 0. The minimum atomic E-state index is 0.144. The van der Waals surface area contributed by atoms with Crippen LogP contribution in [0.2, 0.25) is 0 Å². The van der Waals surface area contributed by atoms with Crippen molar-refractivity contribution in [2.75, 3.05) is 62.3 Å². The van der Waals surface area contributed by atoms with E-state index >= 15 is 0 Å². The zero-order valence-corrected chi connectivity index (χ0v) is 22.3. The molecule has 202 valence electrons. The van der Waals surface area contributed by atoms with Crippen LogP contribution in [0.1, 0.15) is 24.1 Å². The van der Waals surface area contributed by atoms with Gasteiger partial charge in [0.05, 0.1) is 50.1 Å². The fourth-order valence-corrected chi connectivity index (χ4v) is 6.42. The molecule has 0 bridgehead atoms. The largest absolute Gasteiger partial charge is 0.463 e. The lowest BCUT2D eigenvalue weighted by Crippen LogP contribution is -2.70. The number of nitrogens with one attached hydrogen (secondary N) is 1. The SMILES string of the molecule is N#CCC1CN(c2nc(OCCCN3C[C@H]4OCC43)nc3c2CCN(c2cccc4ccccc24)C3)CCN1. The summed E-state index contributed by atoms with van der Waals surface area (Å²) in [4.78, 5) is 17.2. The summed E-state index contributed by atoms with van der Waals surface area (Å²) in [5, 5.41) is 15.3. The zero-order valence-electron chi connectivity index (χ0n) is 22.3. The van der Waals surface area contributed by atoms with E-state index in [0.29, 0.717) is 31.2 Å². The van der Waals surface area contributed by atoms with Gasteiger partial charge in [0, 0.05) is 61.9 Å². The molecule has 3 atom stereocenters. The Labute approximate surface area is 229 Å². The molecule has 0 radical (unpaired) electrons. The van der Waals surface area contributed by atoms with Crippen molar-refractivity contribution in [2.24, 2.45) is 0 Å². The van der Waals surface area contributed by atoms with Gasteiger partial charge >= 0.3 is 6.01 Å². The average molecular weight is 526 g/mol. The first kappa shape index (κ1) is 24.6. The van der Waals surface area contributed by atoms with E-state index in [9.17, 15) is 5.26 Å². The van der Waals surface area contributed by atoms with Gasteiger partial charge in [-0.25, -0.2) is 0 Å². The quantitative estimate of drug-likeness (QED) is 0.446. The topological polar surface area (TPSA) is 89.8 Å². The molecule has 4 aliphatic rings. The number of nitriles is 1. The number of morpholine rings is 1. The molecular weight excluding hydrogens is 490 g/mol. The number of likely N-dealkylation sites (tertiary alicyclic amines) is 1. The maximum Gasteiger partial charge on any atom is 0.318 e. The molecule has 39 heavy (non-hydrogen) atoms. The lowest BCUT2D eigenvalue weighted by Gasteiger charge is -2.55. The van der Waals surface area contributed by atoms with Gasteiger partial charge in [0.2, 0.25) is 0 Å². The van der Waals surface area contributed by atoms with E-state index < -0.39 is 0 Å². The van der Waals surface area contributed by atoms with Crippen LogP contribution in [-0.2, 0) is 17.7 Å². The third kappa shape index (κ3) is 4.78. The molecule has 5 heterocycles. The number of hydrogen-bond donors (Lipinski definition) is 1. The van der Waals surface area contributed by atoms with Crippen LogP contribution >= 0.6 is 0 Å². The van der Waals surface area contributed by atoms with Crippen molar-refractivity contribution in [3.63, 3.8) is 0 Å². The summed E-state index contributed by atoms with van der Waals surface area (Å²) >= 11 is 0. The van der Waals surface area contributed by atoms with E-state index in [1.807, 2.05) is 0 Å². The zero-order chi connectivity index (χ0) is 26.2. The van der Waals surface area contributed by atoms with E-state index in [4.69, 9.17) is 19.4 Å². The summed E-state index contributed by atoms with van der Waals surface area (Å²) in [6.45, 7) is 7.62. The van der Waals surface area contributed by atoms with Gasteiger partial charge in [-0.1, -0.05) is 36.4 Å². The van der Waals surface area contributed by atoms with Crippen molar-refractivity contribution >= 4 is 22.3 Å². The van der Waals surface area contributed by atoms with E-state index in [0.717, 1.165) is 76.8 Å². The maximum atomic E-state index is 9.27. The first-order chi connectivity index (χ1) is 19.3. The Morgan fingerprint density at radius 3 is 2.85 bits per heavy atom. The van der Waals surface area contributed by atoms with E-state index in [1.165, 1.54) is 22.0 Å². The third-order valence-corrected chi connectivity index (χ3v) is 8.64. The number of nitrogens with zero attached hydrogens (tertiary/aromatic N) is 6. The van der Waals surface area contributed by atoms with Crippen molar-refractivity contribution in [1.29, 1.82) is 5.26 Å². The summed E-state index contributed by atoms with van der Waals surface area (Å²) in [5.74, 6) is 0.981. The van der Waals surface area contributed by atoms with E-state index in [1.54, 1.807) is 0 Å². The summed E-state index contributed by atoms with van der Waals surface area (Å²) in [5.41, 5.74) is 3.50. The molecule has 0 aliphatic carbocycles. The van der Waals surface area contributed by atoms with E-state index in [-0.39, 0.29) is 6.04 Å². The predicted octanol–water partition coefficient (Wildman–Crippen LogP) is 2.74. The Morgan fingerprint density at radius 2 is 2.00 bits per heavy atom. The highest BCUT2D eigenvalue weighted by Crippen LogP contribution is 2.34. The van der Waals surface area contributed by atoms with Crippen LogP contribution in [0.4, 0.5) is 11.5 Å². The molecule has 3 aromatic rings. The lowest BCUT2D eigenvalue weighted by molar-refractivity contribution is -0.214. The van der Waals surface area contributed by atoms with Crippen LogP contribution in [0.15, 0.2) is 42.5 Å². The van der Waals surface area contributed by atoms with Crippen LogP contribution in [0.3, 0.4) is 0 Å². The molecule has 0 saturated carbocycles. The molecule has 3 fully saturated rings. The lowest BCUT2D eigenvalue weighted by atomic mass is 9.95. The van der Waals surface area contributed by atoms with Crippen LogP contribution < -0.4 is 19.9 Å². The number of ether oxygens (including phenoxy) is 2. The number of benzene rings is 2. The van der Waals surface area contributed by atoms with Crippen molar-refractivity contribution in [1.82, 2.24) is 20.2 Å². The van der Waals surface area contributed by atoms with Gasteiger partial charge in [-0.2, -0.15) is 15.2 Å². The minimum absolute atomic E-state index is 0.144. The molecule has 1 aromatic heterocycles. The van der Waals surface area contributed by atoms with Gasteiger partial charge < -0.3 is 24.6 Å². The van der Waals surface area contributed by atoms with Crippen molar-refractivity contribution in [2.45, 2.75) is 44.0 Å². The van der Waals surface area contributed by atoms with Gasteiger partial charge in [0.1, 0.15) is 5.82 Å². The van der Waals surface area contributed by atoms with Crippen LogP contribution in [-0.4, -0.2) is 85.5 Å². The monoisotopic (exact) mass is 525 g/mol. The molecule has 3 saturated heterocycles. The van der Waals surface area contributed by atoms with Crippen LogP contribution in [0.25, 0.3) is 10.8 Å². The third-order valence-electron chi connectivity index (χ3n) is 8.64. The van der Waals surface area contributed by atoms with Gasteiger partial charge in [-0.05, 0) is 24.3 Å². The second-order valence-corrected chi connectivity index (χ2v) is 11.0. The van der Waals surface area contributed by atoms with Crippen molar-refractivity contribution < 1.29 is 9.47 Å². The Kier molecular flexibility index (Phi) is 6.69. The Balaban J connectivity index is 1.13. The normalized spacial score (nSPS) is 24.3. The molecule has 0 amide bonds. The molecule has 4 aliphatic heterocycles. The smallest absolute Gasteiger partial charge is 0.318 e. The first-order valence-electron chi connectivity index (χ1n) is 14.2. The molecule has 1 N–H and O–H groups in total. The fourth-order valence-electron chi connectivity index (χ4n) is 6.42. The van der Waals surface area contributed by atoms with Gasteiger partial charge in [-0.3, -0.25) is 4.90 Å². The second kappa shape index (κ2) is 10.6. The molecule has 9 nitrogen and oxygen atoms in total. The molecule has 0 spiro atoms.